The molecule has 1 rings (SSSR count). The maximum absolute atomic E-state index is 10.5. The average molecular weight is 256 g/mol. The van der Waals surface area contributed by atoms with Crippen LogP contribution < -0.4 is 5.73 Å². The number of rotatable bonds is 5. The Morgan fingerprint density at radius 1 is 1.28 bits per heavy atom. The van der Waals surface area contributed by atoms with E-state index in [0.717, 1.165) is 38.6 Å². The second-order valence-electron chi connectivity index (χ2n) is 7.23. The van der Waals surface area contributed by atoms with Crippen molar-refractivity contribution in [2.24, 2.45) is 11.1 Å². The van der Waals surface area contributed by atoms with Gasteiger partial charge in [-0.1, -0.05) is 40.5 Å². The molecule has 0 radical (unpaired) electrons. The molecule has 2 unspecified atom stereocenters. The molecule has 0 saturated heterocycles. The Morgan fingerprint density at radius 3 is 2.17 bits per heavy atom. The third kappa shape index (κ3) is 3.94. The zero-order valence-corrected chi connectivity index (χ0v) is 12.9. The van der Waals surface area contributed by atoms with Gasteiger partial charge in [0.1, 0.15) is 0 Å². The first kappa shape index (κ1) is 15.9. The van der Waals surface area contributed by atoms with E-state index in [0.29, 0.717) is 6.04 Å². The van der Waals surface area contributed by atoms with E-state index >= 15 is 0 Å². The molecule has 0 spiro atoms. The van der Waals surface area contributed by atoms with Crippen molar-refractivity contribution in [3.8, 4) is 0 Å². The molecule has 1 aliphatic rings. The van der Waals surface area contributed by atoms with Crippen molar-refractivity contribution in [1.82, 2.24) is 4.90 Å². The van der Waals surface area contributed by atoms with Gasteiger partial charge in [0.25, 0.3) is 0 Å². The summed E-state index contributed by atoms with van der Waals surface area (Å²) < 4.78 is 0. The van der Waals surface area contributed by atoms with E-state index in [1.54, 1.807) is 0 Å². The van der Waals surface area contributed by atoms with E-state index < -0.39 is 5.60 Å². The van der Waals surface area contributed by atoms with Crippen LogP contribution in [0.3, 0.4) is 0 Å². The highest BCUT2D eigenvalue weighted by atomic mass is 16.3. The molecule has 18 heavy (non-hydrogen) atoms. The first-order valence-electron chi connectivity index (χ1n) is 7.38. The van der Waals surface area contributed by atoms with E-state index in [4.69, 9.17) is 5.73 Å². The average Bonchev–Trinajstić information content (AvgIpc) is 2.62. The molecule has 2 atom stereocenters. The van der Waals surface area contributed by atoms with Crippen molar-refractivity contribution in [3.05, 3.63) is 0 Å². The fraction of sp³-hybridized carbons (Fsp3) is 1.00. The van der Waals surface area contributed by atoms with Gasteiger partial charge in [0.15, 0.2) is 0 Å². The topological polar surface area (TPSA) is 49.5 Å². The number of hydrogen-bond donors (Lipinski definition) is 2. The van der Waals surface area contributed by atoms with Crippen LogP contribution in [0.5, 0.6) is 0 Å². The number of hydrogen-bond acceptors (Lipinski definition) is 3. The molecule has 0 aromatic carbocycles. The molecule has 3 heteroatoms. The van der Waals surface area contributed by atoms with Crippen LogP contribution in [0.15, 0.2) is 0 Å². The largest absolute Gasteiger partial charge is 0.389 e. The van der Waals surface area contributed by atoms with Crippen LogP contribution >= 0.6 is 0 Å². The predicted molar refractivity (Wildman–Crippen MR) is 77.6 cm³/mol. The summed E-state index contributed by atoms with van der Waals surface area (Å²) in [5.74, 6) is 0. The molecule has 3 N–H and O–H groups in total. The normalized spacial score (nSPS) is 23.3. The lowest BCUT2D eigenvalue weighted by Crippen LogP contribution is -2.56. The van der Waals surface area contributed by atoms with Gasteiger partial charge in [-0.3, -0.25) is 4.90 Å². The first-order chi connectivity index (χ1) is 8.19. The highest BCUT2D eigenvalue weighted by molar-refractivity contribution is 4.94. The van der Waals surface area contributed by atoms with Gasteiger partial charge < -0.3 is 10.8 Å². The molecule has 3 nitrogen and oxygen atoms in total. The van der Waals surface area contributed by atoms with Crippen molar-refractivity contribution in [1.29, 1.82) is 0 Å². The molecule has 0 heterocycles. The first-order valence-corrected chi connectivity index (χ1v) is 7.38. The molecule has 108 valence electrons. The van der Waals surface area contributed by atoms with Crippen LogP contribution in [0.2, 0.25) is 0 Å². The molecule has 0 bridgehead atoms. The fourth-order valence-electron chi connectivity index (χ4n) is 3.61. The van der Waals surface area contributed by atoms with E-state index in [1.165, 1.54) is 0 Å². The summed E-state index contributed by atoms with van der Waals surface area (Å²) in [7, 11) is 2.11. The smallest absolute Gasteiger partial charge is 0.0774 e. The molecule has 0 aromatic heterocycles. The lowest BCUT2D eigenvalue weighted by atomic mass is 9.80. The monoisotopic (exact) mass is 256 g/mol. The molecule has 0 aromatic rings. The van der Waals surface area contributed by atoms with Gasteiger partial charge in [0, 0.05) is 18.6 Å². The van der Waals surface area contributed by atoms with Crippen LogP contribution in [-0.2, 0) is 0 Å². The second-order valence-corrected chi connectivity index (χ2v) is 7.23. The van der Waals surface area contributed by atoms with Crippen LogP contribution in [0.1, 0.15) is 59.8 Å². The summed E-state index contributed by atoms with van der Waals surface area (Å²) in [5, 5.41) is 10.5. The van der Waals surface area contributed by atoms with Gasteiger partial charge in [-0.05, 0) is 31.7 Å². The van der Waals surface area contributed by atoms with Crippen LogP contribution in [0, 0.1) is 5.41 Å². The Hall–Kier alpha value is -0.120. The summed E-state index contributed by atoms with van der Waals surface area (Å²) in [5.41, 5.74) is 5.96. The van der Waals surface area contributed by atoms with Crippen LogP contribution in [-0.4, -0.2) is 41.3 Å². The minimum atomic E-state index is -0.480. The molecule has 1 fully saturated rings. The second kappa shape index (κ2) is 5.89. The quantitative estimate of drug-likeness (QED) is 0.794. The Kier molecular flexibility index (Phi) is 5.22. The third-order valence-corrected chi connectivity index (χ3v) is 4.32. The molecule has 0 aliphatic heterocycles. The van der Waals surface area contributed by atoms with Gasteiger partial charge >= 0.3 is 0 Å². The van der Waals surface area contributed by atoms with Crippen LogP contribution in [0.4, 0.5) is 0 Å². The molecule has 1 saturated carbocycles. The maximum Gasteiger partial charge on any atom is 0.0774 e. The van der Waals surface area contributed by atoms with E-state index in [2.05, 4.69) is 39.6 Å². The maximum atomic E-state index is 10.5. The SMILES string of the molecule is CCC(N)C(N(C)CC1(O)CCCC1)C(C)(C)C. The summed E-state index contributed by atoms with van der Waals surface area (Å²) in [6, 6.07) is 0.479. The lowest BCUT2D eigenvalue weighted by molar-refractivity contribution is -0.0162. The lowest BCUT2D eigenvalue weighted by Gasteiger charge is -2.44. The molecular formula is C15H32N2O. The summed E-state index contributed by atoms with van der Waals surface area (Å²) in [6.07, 6.45) is 5.17. The number of likely N-dealkylation sites (N-methyl/N-ethyl adjacent to an activating group) is 1. The predicted octanol–water partition coefficient (Wildman–Crippen LogP) is 2.38. The highest BCUT2D eigenvalue weighted by Crippen LogP contribution is 2.33. The Labute approximate surface area is 113 Å². The summed E-state index contributed by atoms with van der Waals surface area (Å²) in [4.78, 5) is 2.29. The number of nitrogens with two attached hydrogens (primary N) is 1. The highest BCUT2D eigenvalue weighted by Gasteiger charge is 2.38. The van der Waals surface area contributed by atoms with E-state index in [1.807, 2.05) is 0 Å². The molecule has 1 aliphatic carbocycles. The Bertz CT molecular complexity index is 254. The van der Waals surface area contributed by atoms with Gasteiger partial charge in [0.2, 0.25) is 0 Å². The number of nitrogens with zero attached hydrogens (tertiary/aromatic N) is 1. The molecule has 0 amide bonds. The zero-order valence-electron chi connectivity index (χ0n) is 12.9. The van der Waals surface area contributed by atoms with Crippen molar-refractivity contribution >= 4 is 0 Å². The van der Waals surface area contributed by atoms with Crippen molar-refractivity contribution < 1.29 is 5.11 Å². The number of aliphatic hydroxyl groups is 1. The van der Waals surface area contributed by atoms with Gasteiger partial charge in [0.05, 0.1) is 5.60 Å². The molecular weight excluding hydrogens is 224 g/mol. The van der Waals surface area contributed by atoms with E-state index in [9.17, 15) is 5.11 Å². The third-order valence-electron chi connectivity index (χ3n) is 4.32. The van der Waals surface area contributed by atoms with Crippen molar-refractivity contribution in [2.75, 3.05) is 13.6 Å². The minimum absolute atomic E-state index is 0.138. The van der Waals surface area contributed by atoms with E-state index in [-0.39, 0.29) is 11.5 Å². The Balaban J connectivity index is 2.73. The minimum Gasteiger partial charge on any atom is -0.389 e. The van der Waals surface area contributed by atoms with Crippen molar-refractivity contribution in [2.45, 2.75) is 77.5 Å². The van der Waals surface area contributed by atoms with Crippen molar-refractivity contribution in [3.63, 3.8) is 0 Å². The van der Waals surface area contributed by atoms with Gasteiger partial charge in [-0.2, -0.15) is 0 Å². The Morgan fingerprint density at radius 2 is 1.78 bits per heavy atom. The summed E-state index contributed by atoms with van der Waals surface area (Å²) >= 11 is 0. The van der Waals surface area contributed by atoms with Crippen LogP contribution in [0.25, 0.3) is 0 Å². The van der Waals surface area contributed by atoms with Gasteiger partial charge in [-0.15, -0.1) is 0 Å². The zero-order chi connectivity index (χ0) is 14.0. The fourth-order valence-corrected chi connectivity index (χ4v) is 3.61. The van der Waals surface area contributed by atoms with Gasteiger partial charge in [-0.25, -0.2) is 0 Å². The summed E-state index contributed by atoms with van der Waals surface area (Å²) in [6.45, 7) is 9.61. The standard InChI is InChI=1S/C15H32N2O/c1-6-12(16)13(14(2,3)4)17(5)11-15(18)9-7-8-10-15/h12-13,18H,6-11,16H2,1-5H3.